The van der Waals surface area contributed by atoms with Gasteiger partial charge >= 0.3 is 0 Å². The highest BCUT2D eigenvalue weighted by Gasteiger charge is 2.42. The average molecular weight is 362 g/mol. The zero-order chi connectivity index (χ0) is 17.8. The number of fused-ring (bicyclic) bond motifs is 3. The number of hydrogen-bond acceptors (Lipinski definition) is 4. The Kier molecular flexibility index (Phi) is 3.90. The first-order valence-corrected chi connectivity index (χ1v) is 9.66. The number of anilines is 1. The van der Waals surface area contributed by atoms with Crippen molar-refractivity contribution < 1.29 is 13.6 Å². The van der Waals surface area contributed by atoms with Gasteiger partial charge in [-0.25, -0.2) is 8.78 Å². The van der Waals surface area contributed by atoms with E-state index in [2.05, 4.69) is 10.6 Å². The molecule has 26 heavy (non-hydrogen) atoms. The van der Waals surface area contributed by atoms with Crippen molar-refractivity contribution in [1.82, 2.24) is 15.5 Å². The summed E-state index contributed by atoms with van der Waals surface area (Å²) in [7, 11) is 0. The fourth-order valence-corrected chi connectivity index (χ4v) is 5.17. The van der Waals surface area contributed by atoms with E-state index < -0.39 is 11.6 Å². The van der Waals surface area contributed by atoms with Gasteiger partial charge in [-0.3, -0.25) is 4.79 Å². The van der Waals surface area contributed by atoms with Crippen LogP contribution in [-0.2, 0) is 6.54 Å². The van der Waals surface area contributed by atoms with Crippen molar-refractivity contribution in [3.8, 4) is 0 Å². The van der Waals surface area contributed by atoms with E-state index in [-0.39, 0.29) is 29.6 Å². The fraction of sp³-hybridized carbons (Fsp3) is 0.632. The molecule has 3 unspecified atom stereocenters. The minimum atomic E-state index is -0.966. The molecule has 4 aliphatic rings. The third-order valence-electron chi connectivity index (χ3n) is 6.45. The van der Waals surface area contributed by atoms with Gasteiger partial charge in [-0.2, -0.15) is 0 Å². The molecule has 0 spiro atoms. The highest BCUT2D eigenvalue weighted by atomic mass is 19.2. The Hall–Kier alpha value is -1.73. The average Bonchev–Trinajstić information content (AvgIpc) is 3.11. The molecule has 2 bridgehead atoms. The summed E-state index contributed by atoms with van der Waals surface area (Å²) < 4.78 is 29.8. The number of amides is 1. The molecule has 3 saturated heterocycles. The summed E-state index contributed by atoms with van der Waals surface area (Å²) in [6, 6.07) is 2.20. The van der Waals surface area contributed by atoms with Crippen molar-refractivity contribution in [2.45, 2.75) is 50.4 Å². The van der Waals surface area contributed by atoms with Gasteiger partial charge in [0.1, 0.15) is 0 Å². The summed E-state index contributed by atoms with van der Waals surface area (Å²) in [5.74, 6) is -2.19. The highest BCUT2D eigenvalue weighted by molar-refractivity contribution is 5.99. The van der Waals surface area contributed by atoms with E-state index in [0.29, 0.717) is 17.8 Å². The third-order valence-corrected chi connectivity index (χ3v) is 6.45. The number of nitrogens with one attached hydrogen (secondary N) is 2. The first kappa shape index (κ1) is 16.4. The molecule has 7 heteroatoms. The molecule has 4 aliphatic heterocycles. The summed E-state index contributed by atoms with van der Waals surface area (Å²) in [4.78, 5) is 16.5. The van der Waals surface area contributed by atoms with Gasteiger partial charge < -0.3 is 20.4 Å². The summed E-state index contributed by atoms with van der Waals surface area (Å²) >= 11 is 0. The van der Waals surface area contributed by atoms with Crippen LogP contribution < -0.4 is 15.5 Å². The summed E-state index contributed by atoms with van der Waals surface area (Å²) in [5.41, 5.74) is 0.915. The zero-order valence-electron chi connectivity index (χ0n) is 14.7. The van der Waals surface area contributed by atoms with Crippen LogP contribution in [0.15, 0.2) is 6.07 Å². The molecule has 1 aromatic carbocycles. The summed E-state index contributed by atoms with van der Waals surface area (Å²) in [6.07, 6.45) is 3.89. The first-order valence-electron chi connectivity index (χ1n) is 9.66. The number of hydrogen-bond donors (Lipinski definition) is 2. The van der Waals surface area contributed by atoms with Crippen molar-refractivity contribution in [3.63, 3.8) is 0 Å². The predicted molar refractivity (Wildman–Crippen MR) is 94.3 cm³/mol. The first-order chi connectivity index (χ1) is 12.6. The number of carbonyl (C=O) groups excluding carboxylic acids is 1. The SMILES string of the molecule is O=C1c2c(cc(N3C4CCC3CNC4)c(F)c2F)CN1C1CCCNC1. The molecule has 0 aliphatic carbocycles. The second kappa shape index (κ2) is 6.16. The minimum Gasteiger partial charge on any atom is -0.361 e. The Morgan fingerprint density at radius 2 is 1.69 bits per heavy atom. The number of piperidine rings is 1. The maximum absolute atomic E-state index is 14.9. The van der Waals surface area contributed by atoms with Crippen molar-refractivity contribution in [3.05, 3.63) is 28.8 Å². The summed E-state index contributed by atoms with van der Waals surface area (Å²) in [5, 5.41) is 6.65. The molecule has 3 atom stereocenters. The van der Waals surface area contributed by atoms with E-state index >= 15 is 0 Å². The molecular formula is C19H24F2N4O. The lowest BCUT2D eigenvalue weighted by Gasteiger charge is -2.37. The van der Waals surface area contributed by atoms with Crippen LogP contribution in [0.4, 0.5) is 14.5 Å². The largest absolute Gasteiger partial charge is 0.361 e. The normalized spacial score (nSPS) is 30.8. The highest BCUT2D eigenvalue weighted by Crippen LogP contribution is 2.39. The molecule has 2 N–H and O–H groups in total. The molecule has 0 radical (unpaired) electrons. The minimum absolute atomic E-state index is 0.0562. The van der Waals surface area contributed by atoms with E-state index in [9.17, 15) is 13.6 Å². The van der Waals surface area contributed by atoms with Gasteiger partial charge in [0.05, 0.1) is 11.3 Å². The van der Waals surface area contributed by atoms with Crippen LogP contribution in [0.25, 0.3) is 0 Å². The maximum atomic E-state index is 14.9. The van der Waals surface area contributed by atoms with Gasteiger partial charge in [0.25, 0.3) is 5.91 Å². The fourth-order valence-electron chi connectivity index (χ4n) is 5.17. The van der Waals surface area contributed by atoms with Crippen molar-refractivity contribution in [1.29, 1.82) is 0 Å². The van der Waals surface area contributed by atoms with Gasteiger partial charge in [-0.05, 0) is 43.9 Å². The molecule has 1 aromatic rings. The number of nitrogens with zero attached hydrogens (tertiary/aromatic N) is 2. The standard InChI is InChI=1S/C19H24F2N4O/c20-17-15(25-13-3-4-14(25)9-23-8-13)6-11-10-24(12-2-1-5-22-7-12)19(26)16(11)18(17)21/h6,12-14,22-23H,1-5,7-10H2. The van der Waals surface area contributed by atoms with Crippen LogP contribution in [0.2, 0.25) is 0 Å². The lowest BCUT2D eigenvalue weighted by atomic mass is 10.1. The lowest BCUT2D eigenvalue weighted by molar-refractivity contribution is 0.0671. The van der Waals surface area contributed by atoms with Crippen molar-refractivity contribution >= 4 is 11.6 Å². The molecule has 5 rings (SSSR count). The van der Waals surface area contributed by atoms with E-state index in [1.165, 1.54) is 0 Å². The molecule has 140 valence electrons. The van der Waals surface area contributed by atoms with Crippen LogP contribution in [0.3, 0.4) is 0 Å². The van der Waals surface area contributed by atoms with Gasteiger partial charge in [-0.15, -0.1) is 0 Å². The van der Waals surface area contributed by atoms with Crippen LogP contribution in [0.1, 0.15) is 41.6 Å². The van der Waals surface area contributed by atoms with Crippen molar-refractivity contribution in [2.24, 2.45) is 0 Å². The maximum Gasteiger partial charge on any atom is 0.257 e. The van der Waals surface area contributed by atoms with Crippen LogP contribution in [0.5, 0.6) is 0 Å². The Balaban J connectivity index is 1.51. The quantitative estimate of drug-likeness (QED) is 0.839. The van der Waals surface area contributed by atoms with Gasteiger partial charge in [0.2, 0.25) is 0 Å². The van der Waals surface area contributed by atoms with E-state index in [4.69, 9.17) is 0 Å². The van der Waals surface area contributed by atoms with E-state index in [0.717, 1.165) is 51.9 Å². The molecule has 5 nitrogen and oxygen atoms in total. The Morgan fingerprint density at radius 1 is 0.962 bits per heavy atom. The van der Waals surface area contributed by atoms with Crippen LogP contribution in [-0.4, -0.2) is 55.1 Å². The lowest BCUT2D eigenvalue weighted by Crippen LogP contribution is -2.52. The topological polar surface area (TPSA) is 47.6 Å². The van der Waals surface area contributed by atoms with Crippen LogP contribution >= 0.6 is 0 Å². The Labute approximate surface area is 151 Å². The molecule has 1 amide bonds. The third kappa shape index (κ3) is 2.36. The van der Waals surface area contributed by atoms with E-state index in [1.807, 2.05) is 4.90 Å². The number of piperazine rings is 1. The molecule has 3 fully saturated rings. The predicted octanol–water partition coefficient (Wildman–Crippen LogP) is 1.61. The monoisotopic (exact) mass is 362 g/mol. The van der Waals surface area contributed by atoms with E-state index in [1.54, 1.807) is 11.0 Å². The van der Waals surface area contributed by atoms with Crippen molar-refractivity contribution in [2.75, 3.05) is 31.1 Å². The number of rotatable bonds is 2. The number of carbonyl (C=O) groups is 1. The van der Waals surface area contributed by atoms with Gasteiger partial charge in [0.15, 0.2) is 11.6 Å². The Morgan fingerprint density at radius 3 is 2.38 bits per heavy atom. The molecule has 0 saturated carbocycles. The second-order valence-electron chi connectivity index (χ2n) is 7.94. The van der Waals surface area contributed by atoms with Crippen LogP contribution in [0, 0.1) is 11.6 Å². The molecule has 4 heterocycles. The van der Waals surface area contributed by atoms with Gasteiger partial charge in [0, 0.05) is 44.3 Å². The zero-order valence-corrected chi connectivity index (χ0v) is 14.7. The number of halogens is 2. The number of benzene rings is 1. The van der Waals surface area contributed by atoms with Gasteiger partial charge in [-0.1, -0.05) is 0 Å². The second-order valence-corrected chi connectivity index (χ2v) is 7.94. The molecule has 0 aromatic heterocycles. The summed E-state index contributed by atoms with van der Waals surface area (Å²) in [6.45, 7) is 3.65. The Bertz CT molecular complexity index is 734. The molecular weight excluding hydrogens is 338 g/mol. The smallest absolute Gasteiger partial charge is 0.257 e.